The van der Waals surface area contributed by atoms with E-state index < -0.39 is 18.1 Å². The maximum absolute atomic E-state index is 13.5. The smallest absolute Gasteiger partial charge is 0.357 e. The van der Waals surface area contributed by atoms with Crippen molar-refractivity contribution >= 4 is 28.1 Å². The van der Waals surface area contributed by atoms with E-state index in [1.165, 1.54) is 12.5 Å². The highest BCUT2D eigenvalue weighted by molar-refractivity contribution is 7.14. The maximum Gasteiger partial charge on any atom is 0.357 e. The molecule has 0 unspecified atom stereocenters. The van der Waals surface area contributed by atoms with E-state index in [0.717, 1.165) is 16.3 Å². The largest absolute Gasteiger partial charge is 0.464 e. The van der Waals surface area contributed by atoms with Gasteiger partial charge in [-0.25, -0.2) is 23.6 Å². The Bertz CT molecular complexity index is 781. The number of alkyl halides is 2. The van der Waals surface area contributed by atoms with Crippen molar-refractivity contribution in [3.05, 3.63) is 47.0 Å². The lowest BCUT2D eigenvalue weighted by molar-refractivity contribution is -0.0867. The normalized spacial score (nSPS) is 20.4. The number of ether oxygens (including phenoxy) is 1. The van der Waals surface area contributed by atoms with Crippen LogP contribution in [0.15, 0.2) is 40.8 Å². The second-order valence-corrected chi connectivity index (χ2v) is 5.92. The second-order valence-electron chi connectivity index (χ2n) is 5.09. The maximum atomic E-state index is 13.5. The number of carbonyl (C=O) groups excluding carboxylic acids is 1. The molecule has 9 heteroatoms. The van der Waals surface area contributed by atoms with Crippen LogP contribution in [0.3, 0.4) is 0 Å². The number of nitrogens with zero attached hydrogens (tertiary/aromatic N) is 3. The number of aliphatic hydroxyl groups is 1. The number of aromatic nitrogens is 1. The van der Waals surface area contributed by atoms with Crippen molar-refractivity contribution in [2.75, 3.05) is 12.1 Å². The number of hydrazone groups is 1. The summed E-state index contributed by atoms with van der Waals surface area (Å²) in [6.45, 7) is 0. The summed E-state index contributed by atoms with van der Waals surface area (Å²) in [6, 6.07) is 8.73. The second kappa shape index (κ2) is 6.25. The zero-order chi connectivity index (χ0) is 17.3. The molecule has 0 bridgehead atoms. The Morgan fingerprint density at radius 3 is 2.75 bits per heavy atom. The molecule has 0 saturated carbocycles. The van der Waals surface area contributed by atoms with E-state index in [4.69, 9.17) is 0 Å². The molecule has 1 N–H and O–H groups in total. The van der Waals surface area contributed by atoms with E-state index in [-0.39, 0.29) is 17.2 Å². The number of rotatable bonds is 4. The first-order chi connectivity index (χ1) is 11.5. The Balaban J connectivity index is 2.00. The van der Waals surface area contributed by atoms with Gasteiger partial charge in [-0.3, -0.25) is 0 Å². The monoisotopic (exact) mass is 353 g/mol. The molecule has 24 heavy (non-hydrogen) atoms. The summed E-state index contributed by atoms with van der Waals surface area (Å²) >= 11 is 0.921. The van der Waals surface area contributed by atoms with Crippen molar-refractivity contribution < 1.29 is 23.4 Å². The fourth-order valence-corrected chi connectivity index (χ4v) is 3.11. The van der Waals surface area contributed by atoms with Crippen molar-refractivity contribution in [2.45, 2.75) is 18.6 Å². The highest BCUT2D eigenvalue weighted by Gasteiger charge is 2.51. The third-order valence-electron chi connectivity index (χ3n) is 3.54. The highest BCUT2D eigenvalue weighted by atomic mass is 32.1. The first kappa shape index (κ1) is 16.5. The van der Waals surface area contributed by atoms with E-state index in [1.54, 1.807) is 30.3 Å². The van der Waals surface area contributed by atoms with Crippen LogP contribution in [-0.4, -0.2) is 41.0 Å². The molecule has 1 aliphatic rings. The molecule has 0 amide bonds. The molecular weight excluding hydrogens is 340 g/mol. The topological polar surface area (TPSA) is 75.0 Å². The average molecular weight is 353 g/mol. The Morgan fingerprint density at radius 1 is 1.42 bits per heavy atom. The number of carbonyl (C=O) groups is 1. The molecule has 0 saturated heterocycles. The van der Waals surface area contributed by atoms with Gasteiger partial charge in [0.15, 0.2) is 5.69 Å². The Labute approximate surface area is 140 Å². The van der Waals surface area contributed by atoms with Crippen molar-refractivity contribution in [3.63, 3.8) is 0 Å². The van der Waals surface area contributed by atoms with Crippen molar-refractivity contribution in [1.82, 2.24) is 4.98 Å². The first-order valence-electron chi connectivity index (χ1n) is 6.93. The zero-order valence-corrected chi connectivity index (χ0v) is 13.3. The number of thiazole rings is 1. The minimum atomic E-state index is -3.08. The summed E-state index contributed by atoms with van der Waals surface area (Å²) in [5.41, 5.74) is -1.61. The fourth-order valence-electron chi connectivity index (χ4n) is 2.29. The molecule has 0 spiro atoms. The third-order valence-corrected chi connectivity index (χ3v) is 4.36. The number of hydrogen-bond donors (Lipinski definition) is 1. The van der Waals surface area contributed by atoms with Crippen LogP contribution in [0.1, 0.15) is 22.5 Å². The van der Waals surface area contributed by atoms with E-state index in [9.17, 15) is 18.7 Å². The van der Waals surface area contributed by atoms with Gasteiger partial charge in [0.1, 0.15) is 0 Å². The Hall–Kier alpha value is -2.39. The standard InChI is InChI=1S/C15H13F2N3O3S/c1-23-12(21)11-8-24-14(18-11)20-15(22,13(16)17)7-10(19-20)9-5-3-2-4-6-9/h2-6,8,13,22H,7H2,1H3/t15-/m1/s1. The van der Waals surface area contributed by atoms with Crippen LogP contribution in [0.2, 0.25) is 0 Å². The molecule has 0 aliphatic carbocycles. The number of methoxy groups -OCH3 is 1. The zero-order valence-electron chi connectivity index (χ0n) is 12.5. The van der Waals surface area contributed by atoms with Gasteiger partial charge in [-0.1, -0.05) is 30.3 Å². The van der Waals surface area contributed by atoms with E-state index in [2.05, 4.69) is 14.8 Å². The van der Waals surface area contributed by atoms with Gasteiger partial charge in [-0.05, 0) is 5.56 Å². The molecule has 2 aromatic rings. The molecule has 3 rings (SSSR count). The highest BCUT2D eigenvalue weighted by Crippen LogP contribution is 2.38. The summed E-state index contributed by atoms with van der Waals surface area (Å²) < 4.78 is 31.5. The Morgan fingerprint density at radius 2 is 2.12 bits per heavy atom. The number of halogens is 2. The lowest BCUT2D eigenvalue weighted by atomic mass is 10.0. The van der Waals surface area contributed by atoms with Crippen LogP contribution in [0.4, 0.5) is 13.9 Å². The summed E-state index contributed by atoms with van der Waals surface area (Å²) in [4.78, 5) is 15.4. The molecule has 0 radical (unpaired) electrons. The Kier molecular flexibility index (Phi) is 4.29. The number of hydrogen-bond acceptors (Lipinski definition) is 7. The molecule has 6 nitrogen and oxygen atoms in total. The number of esters is 1. The van der Waals surface area contributed by atoms with Crippen LogP contribution in [0.5, 0.6) is 0 Å². The van der Waals surface area contributed by atoms with Crippen LogP contribution < -0.4 is 5.01 Å². The van der Waals surface area contributed by atoms with Crippen LogP contribution >= 0.6 is 11.3 Å². The molecule has 1 aliphatic heterocycles. The lowest BCUT2D eigenvalue weighted by Crippen LogP contribution is -2.49. The van der Waals surface area contributed by atoms with Gasteiger partial charge < -0.3 is 9.84 Å². The third kappa shape index (κ3) is 2.76. The van der Waals surface area contributed by atoms with E-state index >= 15 is 0 Å². The molecule has 0 fully saturated rings. The van der Waals surface area contributed by atoms with Gasteiger partial charge in [-0.15, -0.1) is 11.3 Å². The first-order valence-corrected chi connectivity index (χ1v) is 7.81. The summed E-state index contributed by atoms with van der Waals surface area (Å²) in [7, 11) is 1.19. The molecular formula is C15H13F2N3O3S. The van der Waals surface area contributed by atoms with E-state index in [0.29, 0.717) is 11.3 Å². The average Bonchev–Trinajstić information content (AvgIpc) is 3.20. The minimum absolute atomic E-state index is 0.0101. The molecule has 1 atom stereocenters. The van der Waals surface area contributed by atoms with Gasteiger partial charge in [0.05, 0.1) is 12.8 Å². The quantitative estimate of drug-likeness (QED) is 0.855. The molecule has 126 valence electrons. The molecule has 1 aromatic heterocycles. The van der Waals surface area contributed by atoms with Crippen LogP contribution in [0.25, 0.3) is 0 Å². The summed E-state index contributed by atoms with van der Waals surface area (Å²) in [6.07, 6.45) is -3.44. The number of anilines is 1. The fraction of sp³-hybridized carbons (Fsp3) is 0.267. The van der Waals surface area contributed by atoms with Crippen molar-refractivity contribution in [1.29, 1.82) is 0 Å². The van der Waals surface area contributed by atoms with Crippen molar-refractivity contribution in [2.24, 2.45) is 5.10 Å². The number of benzene rings is 1. The van der Waals surface area contributed by atoms with Gasteiger partial charge in [0.2, 0.25) is 10.9 Å². The lowest BCUT2D eigenvalue weighted by Gasteiger charge is -2.29. The molecule has 1 aromatic carbocycles. The van der Waals surface area contributed by atoms with Crippen molar-refractivity contribution in [3.8, 4) is 0 Å². The summed E-state index contributed by atoms with van der Waals surface area (Å²) in [5.74, 6) is -0.690. The molecule has 2 heterocycles. The van der Waals surface area contributed by atoms with Crippen LogP contribution in [0, 0.1) is 0 Å². The van der Waals surface area contributed by atoms with Gasteiger partial charge in [0.25, 0.3) is 6.43 Å². The van der Waals surface area contributed by atoms with Gasteiger partial charge in [0, 0.05) is 11.8 Å². The predicted molar refractivity (Wildman–Crippen MR) is 84.5 cm³/mol. The predicted octanol–water partition coefficient (Wildman–Crippen LogP) is 2.50. The van der Waals surface area contributed by atoms with Gasteiger partial charge in [-0.2, -0.15) is 5.10 Å². The van der Waals surface area contributed by atoms with E-state index in [1.807, 2.05) is 0 Å². The van der Waals surface area contributed by atoms with Gasteiger partial charge >= 0.3 is 5.97 Å². The SMILES string of the molecule is COC(=O)c1csc(N2N=C(c3ccccc3)C[C@@]2(O)C(F)F)n1. The summed E-state index contributed by atoms with van der Waals surface area (Å²) in [5, 5.41) is 16.7. The van der Waals surface area contributed by atoms with Crippen LogP contribution in [-0.2, 0) is 4.74 Å². The minimum Gasteiger partial charge on any atom is -0.464 e.